The van der Waals surface area contributed by atoms with Gasteiger partial charge in [0.15, 0.2) is 0 Å². The number of benzene rings is 1. The first-order valence-corrected chi connectivity index (χ1v) is 8.11. The van der Waals surface area contributed by atoms with Gasteiger partial charge in [0.2, 0.25) is 0 Å². The molecule has 0 spiro atoms. The molecule has 3 fully saturated rings. The van der Waals surface area contributed by atoms with Crippen molar-refractivity contribution in [3.05, 3.63) is 41.1 Å². The Morgan fingerprint density at radius 2 is 1.92 bits per heavy atom. The first kappa shape index (κ1) is 17.6. The number of aliphatic hydroxyl groups is 1. The minimum Gasteiger partial charge on any atom is -0.632 e. The number of hydrogen-bond acceptors (Lipinski definition) is 5. The van der Waals surface area contributed by atoms with E-state index >= 15 is 0 Å². The van der Waals surface area contributed by atoms with E-state index in [-0.39, 0.29) is 54.1 Å². The highest BCUT2D eigenvalue weighted by Crippen LogP contribution is 2.52. The van der Waals surface area contributed by atoms with E-state index in [0.29, 0.717) is 12.8 Å². The fraction of sp³-hybridized carbons (Fsp3) is 0.588. The number of hydroxylamine groups is 3. The number of ether oxygens (including phenoxy) is 2. The number of morpholine rings is 1. The third kappa shape index (κ3) is 2.72. The van der Waals surface area contributed by atoms with Crippen molar-refractivity contribution in [3.8, 4) is 0 Å². The zero-order valence-electron chi connectivity index (χ0n) is 13.4. The lowest BCUT2D eigenvalue weighted by Crippen LogP contribution is -2.58. The molecule has 1 N–H and O–H groups in total. The van der Waals surface area contributed by atoms with Gasteiger partial charge >= 0.3 is 5.97 Å². The predicted molar refractivity (Wildman–Crippen MR) is 88.4 cm³/mol. The number of aliphatic hydroxyl groups excluding tert-OH is 1. The molecule has 0 saturated carbocycles. The zero-order chi connectivity index (χ0) is 16.2. The fourth-order valence-corrected chi connectivity index (χ4v) is 4.25. The van der Waals surface area contributed by atoms with Crippen molar-refractivity contribution in [1.29, 1.82) is 0 Å². The van der Waals surface area contributed by atoms with Gasteiger partial charge in [-0.15, -0.1) is 12.4 Å². The summed E-state index contributed by atoms with van der Waals surface area (Å²) in [6.07, 6.45) is 0.891. The van der Waals surface area contributed by atoms with Crippen LogP contribution in [0.15, 0.2) is 30.3 Å². The Kier molecular flexibility index (Phi) is 4.61. The molecular formula is C17H22ClNO5. The van der Waals surface area contributed by atoms with Crippen molar-refractivity contribution in [2.75, 3.05) is 13.7 Å². The second-order valence-corrected chi connectivity index (χ2v) is 6.94. The van der Waals surface area contributed by atoms with E-state index in [4.69, 9.17) is 9.47 Å². The third-order valence-electron chi connectivity index (χ3n) is 5.60. The second-order valence-electron chi connectivity index (χ2n) is 6.94. The number of piperidine rings is 1. The Morgan fingerprint density at radius 1 is 1.33 bits per heavy atom. The van der Waals surface area contributed by atoms with Gasteiger partial charge in [-0.1, -0.05) is 30.3 Å². The van der Waals surface area contributed by atoms with E-state index in [1.54, 1.807) is 19.2 Å². The summed E-state index contributed by atoms with van der Waals surface area (Å²) < 4.78 is 10.9. The van der Waals surface area contributed by atoms with E-state index in [1.807, 2.05) is 18.2 Å². The molecule has 24 heavy (non-hydrogen) atoms. The molecule has 0 aliphatic carbocycles. The lowest BCUT2D eigenvalue weighted by Gasteiger charge is -2.51. The van der Waals surface area contributed by atoms with Crippen molar-refractivity contribution in [2.24, 2.45) is 0 Å². The van der Waals surface area contributed by atoms with Gasteiger partial charge < -0.3 is 24.4 Å². The smallest absolute Gasteiger partial charge is 0.316 e. The number of nitrogens with zero attached hydrogens (tertiary/aromatic N) is 1. The molecule has 5 unspecified atom stereocenters. The molecule has 2 bridgehead atoms. The van der Waals surface area contributed by atoms with E-state index < -0.39 is 11.9 Å². The molecule has 3 saturated heterocycles. The molecule has 132 valence electrons. The number of likely N-dealkylation sites (N-methyl/N-ethyl adjacent to an activating group) is 1. The van der Waals surface area contributed by atoms with Crippen LogP contribution >= 0.6 is 12.4 Å². The van der Waals surface area contributed by atoms with Gasteiger partial charge in [-0.2, -0.15) is 0 Å². The summed E-state index contributed by atoms with van der Waals surface area (Å²) in [6.45, 7) is -0.286. The van der Waals surface area contributed by atoms with Gasteiger partial charge in [-0.25, -0.2) is 0 Å². The first-order chi connectivity index (χ1) is 11.0. The van der Waals surface area contributed by atoms with Crippen LogP contribution in [0.1, 0.15) is 24.3 Å². The highest BCUT2D eigenvalue weighted by Gasteiger charge is 2.69. The molecule has 3 heterocycles. The maximum atomic E-state index is 12.6. The van der Waals surface area contributed by atoms with Crippen molar-refractivity contribution in [3.63, 3.8) is 0 Å². The number of quaternary nitrogens is 1. The Balaban J connectivity index is 0.00000169. The summed E-state index contributed by atoms with van der Waals surface area (Å²) in [6, 6.07) is 8.86. The average Bonchev–Trinajstić information content (AvgIpc) is 3.27. The molecule has 1 aromatic carbocycles. The van der Waals surface area contributed by atoms with Crippen LogP contribution in [-0.4, -0.2) is 59.8 Å². The Labute approximate surface area is 146 Å². The van der Waals surface area contributed by atoms with Crippen LogP contribution in [-0.2, 0) is 14.3 Å². The molecular weight excluding hydrogens is 334 g/mol. The molecule has 5 atom stereocenters. The monoisotopic (exact) mass is 355 g/mol. The number of epoxide rings is 1. The van der Waals surface area contributed by atoms with Gasteiger partial charge in [0.1, 0.15) is 36.3 Å². The van der Waals surface area contributed by atoms with Gasteiger partial charge in [0, 0.05) is 12.8 Å². The van der Waals surface area contributed by atoms with Crippen LogP contribution in [0.25, 0.3) is 0 Å². The maximum absolute atomic E-state index is 12.6. The number of rotatable bonds is 4. The Bertz CT molecular complexity index is 590. The minimum atomic E-state index is -0.672. The van der Waals surface area contributed by atoms with Crippen LogP contribution < -0.4 is 0 Å². The normalized spacial score (nSPS) is 40.2. The largest absolute Gasteiger partial charge is 0.632 e. The fourth-order valence-electron chi connectivity index (χ4n) is 4.25. The lowest BCUT2D eigenvalue weighted by molar-refractivity contribution is -0.911. The van der Waals surface area contributed by atoms with Crippen molar-refractivity contribution in [2.45, 2.75) is 49.2 Å². The molecule has 6 nitrogen and oxygen atoms in total. The molecule has 4 rings (SSSR count). The molecule has 0 aromatic heterocycles. The van der Waals surface area contributed by atoms with Gasteiger partial charge in [0.05, 0.1) is 13.7 Å². The van der Waals surface area contributed by atoms with Gasteiger partial charge in [0.25, 0.3) is 0 Å². The third-order valence-corrected chi connectivity index (χ3v) is 5.60. The van der Waals surface area contributed by atoms with Crippen molar-refractivity contribution >= 4 is 18.4 Å². The average molecular weight is 356 g/mol. The second kappa shape index (κ2) is 6.28. The molecule has 3 aliphatic heterocycles. The number of fused-ring (bicyclic) bond motifs is 5. The summed E-state index contributed by atoms with van der Waals surface area (Å²) in [5, 5.41) is 22.2. The van der Waals surface area contributed by atoms with Gasteiger partial charge in [-0.05, 0) is 5.56 Å². The standard InChI is InChI=1S/C17H21NO5.ClH/c1-18(21)13-7-11(8-14(18)16-15(13)23-16)22-17(20)12(9-19)10-5-3-2-4-6-10;/h2-6,11-16,19H,7-9H2,1H3;1H. The highest BCUT2D eigenvalue weighted by molar-refractivity contribution is 5.85. The van der Waals surface area contributed by atoms with E-state index in [2.05, 4.69) is 0 Å². The number of halogens is 1. The number of hydrogen-bond donors (Lipinski definition) is 1. The van der Waals surface area contributed by atoms with Crippen LogP contribution in [0.2, 0.25) is 0 Å². The molecule has 0 radical (unpaired) electrons. The zero-order valence-corrected chi connectivity index (χ0v) is 14.2. The summed E-state index contributed by atoms with van der Waals surface area (Å²) in [7, 11) is 1.70. The SMILES string of the molecule is C[N+]1([O-])C2CC(OC(=O)C(CO)c3ccccc3)CC1C1OC12.Cl. The summed E-state index contributed by atoms with van der Waals surface area (Å²) >= 11 is 0. The van der Waals surface area contributed by atoms with Crippen LogP contribution in [0, 0.1) is 5.21 Å². The summed E-state index contributed by atoms with van der Waals surface area (Å²) in [4.78, 5) is 12.4. The number of carbonyl (C=O) groups excluding carboxylic acids is 1. The Hall–Kier alpha value is -1.18. The van der Waals surface area contributed by atoms with E-state index in [0.717, 1.165) is 5.56 Å². The van der Waals surface area contributed by atoms with Crippen LogP contribution in [0.3, 0.4) is 0 Å². The first-order valence-electron chi connectivity index (χ1n) is 8.11. The molecule has 3 aliphatic rings. The van der Waals surface area contributed by atoms with Crippen LogP contribution in [0.4, 0.5) is 0 Å². The number of esters is 1. The van der Waals surface area contributed by atoms with Crippen molar-refractivity contribution in [1.82, 2.24) is 0 Å². The molecule has 7 heteroatoms. The minimum absolute atomic E-state index is 0. The van der Waals surface area contributed by atoms with Gasteiger partial charge in [-0.3, -0.25) is 4.79 Å². The van der Waals surface area contributed by atoms with Crippen LogP contribution in [0.5, 0.6) is 0 Å². The summed E-state index contributed by atoms with van der Waals surface area (Å²) in [5.74, 6) is -1.09. The Morgan fingerprint density at radius 3 is 2.46 bits per heavy atom. The quantitative estimate of drug-likeness (QED) is 0.381. The van der Waals surface area contributed by atoms with E-state index in [9.17, 15) is 15.1 Å². The molecule has 0 amide bonds. The highest BCUT2D eigenvalue weighted by atomic mass is 35.5. The summed E-state index contributed by atoms with van der Waals surface area (Å²) in [5.41, 5.74) is 0.745. The number of carbonyl (C=O) groups is 1. The maximum Gasteiger partial charge on any atom is 0.316 e. The van der Waals surface area contributed by atoms with E-state index in [1.165, 1.54) is 0 Å². The topological polar surface area (TPSA) is 82.1 Å². The predicted octanol–water partition coefficient (Wildman–Crippen LogP) is 1.35. The lowest BCUT2D eigenvalue weighted by atomic mass is 9.97. The molecule has 1 aromatic rings. The van der Waals surface area contributed by atoms with Crippen molar-refractivity contribution < 1.29 is 24.0 Å².